The first kappa shape index (κ1) is 25.6. The standard InChI is InChI=1S/C24H27FNO5P/c1-16(2)13-14-24(22(27)28,32(30)31-5)23(29,15-18-9-11-19(25)12-10-18)21-8-6-7-20(26-21)17(3)4/h6-12,16-17,29H,15H2,1-5H3/p+1. The number of aliphatic hydroxyl groups is 1. The van der Waals surface area contributed by atoms with E-state index >= 15 is 0 Å². The minimum Gasteiger partial charge on any atom is -0.477 e. The van der Waals surface area contributed by atoms with Gasteiger partial charge < -0.3 is 10.2 Å². The van der Waals surface area contributed by atoms with Crippen LogP contribution in [-0.2, 0) is 25.9 Å². The molecule has 32 heavy (non-hydrogen) atoms. The molecule has 0 saturated heterocycles. The molecule has 2 rings (SSSR count). The van der Waals surface area contributed by atoms with Crippen molar-refractivity contribution in [3.63, 3.8) is 0 Å². The zero-order chi connectivity index (χ0) is 24.1. The van der Waals surface area contributed by atoms with Gasteiger partial charge in [0.25, 0.3) is 0 Å². The maximum Gasteiger partial charge on any atom is 0.543 e. The maximum absolute atomic E-state index is 13.5. The lowest BCUT2D eigenvalue weighted by Crippen LogP contribution is -2.56. The normalized spacial score (nSPS) is 15.5. The molecule has 3 atom stereocenters. The number of carbonyl (C=O) groups is 1. The predicted octanol–water partition coefficient (Wildman–Crippen LogP) is 4.65. The molecule has 0 spiro atoms. The number of pyridine rings is 1. The van der Waals surface area contributed by atoms with E-state index in [4.69, 9.17) is 4.52 Å². The molecule has 0 radical (unpaired) electrons. The third-order valence-electron chi connectivity index (χ3n) is 5.05. The van der Waals surface area contributed by atoms with Gasteiger partial charge in [0.05, 0.1) is 12.8 Å². The van der Waals surface area contributed by atoms with E-state index in [0.717, 1.165) is 7.11 Å². The molecule has 1 heterocycles. The van der Waals surface area contributed by atoms with Crippen LogP contribution in [0.1, 0.15) is 50.6 Å². The van der Waals surface area contributed by atoms with Gasteiger partial charge in [-0.15, -0.1) is 4.52 Å². The Morgan fingerprint density at radius 2 is 1.81 bits per heavy atom. The van der Waals surface area contributed by atoms with E-state index in [-0.39, 0.29) is 24.0 Å². The largest absolute Gasteiger partial charge is 0.543 e. The Morgan fingerprint density at radius 3 is 2.31 bits per heavy atom. The zero-order valence-corrected chi connectivity index (χ0v) is 19.7. The van der Waals surface area contributed by atoms with Crippen molar-refractivity contribution in [1.29, 1.82) is 0 Å². The number of halogens is 1. The van der Waals surface area contributed by atoms with Gasteiger partial charge in [-0.1, -0.05) is 51.8 Å². The summed E-state index contributed by atoms with van der Waals surface area (Å²) in [7, 11) is -1.92. The van der Waals surface area contributed by atoms with Gasteiger partial charge in [-0.25, -0.2) is 9.18 Å². The molecule has 0 saturated carbocycles. The second-order valence-corrected chi connectivity index (χ2v) is 9.70. The third kappa shape index (κ3) is 5.05. The van der Waals surface area contributed by atoms with Crippen LogP contribution in [0.25, 0.3) is 0 Å². The highest BCUT2D eigenvalue weighted by Crippen LogP contribution is 2.52. The molecule has 0 aliphatic heterocycles. The summed E-state index contributed by atoms with van der Waals surface area (Å²) >= 11 is 0. The van der Waals surface area contributed by atoms with Crippen LogP contribution in [0.5, 0.6) is 0 Å². The highest BCUT2D eigenvalue weighted by molar-refractivity contribution is 7.43. The van der Waals surface area contributed by atoms with E-state index in [9.17, 15) is 24.0 Å². The first-order chi connectivity index (χ1) is 15.0. The summed E-state index contributed by atoms with van der Waals surface area (Å²) < 4.78 is 31.6. The molecule has 0 aliphatic rings. The van der Waals surface area contributed by atoms with E-state index < -0.39 is 30.6 Å². The van der Waals surface area contributed by atoms with Crippen LogP contribution >= 0.6 is 8.03 Å². The number of carboxylic acids is 1. The lowest BCUT2D eigenvalue weighted by molar-refractivity contribution is -0.146. The van der Waals surface area contributed by atoms with Gasteiger partial charge in [-0.3, -0.25) is 4.98 Å². The summed E-state index contributed by atoms with van der Waals surface area (Å²) in [5.74, 6) is 2.97. The minimum atomic E-state index is -3.02. The maximum atomic E-state index is 13.5. The van der Waals surface area contributed by atoms with Gasteiger partial charge in [0.2, 0.25) is 0 Å². The molecule has 8 heteroatoms. The number of carboxylic acid groups (broad SMARTS) is 1. The second kappa shape index (κ2) is 10.3. The third-order valence-corrected chi connectivity index (χ3v) is 6.60. The highest BCUT2D eigenvalue weighted by Gasteiger charge is 2.72. The molecular weight excluding hydrogens is 432 g/mol. The van der Waals surface area contributed by atoms with Crippen molar-refractivity contribution >= 4 is 14.0 Å². The van der Waals surface area contributed by atoms with Crippen molar-refractivity contribution in [3.05, 3.63) is 65.2 Å². The van der Waals surface area contributed by atoms with Gasteiger partial charge >= 0.3 is 19.2 Å². The molecular formula is C24H28FNO5P+. The number of hydrogen-bond acceptors (Lipinski definition) is 5. The van der Waals surface area contributed by atoms with Gasteiger partial charge in [0.15, 0.2) is 5.60 Å². The molecule has 0 fully saturated rings. The van der Waals surface area contributed by atoms with Crippen molar-refractivity contribution in [2.45, 2.75) is 50.8 Å². The van der Waals surface area contributed by atoms with Crippen molar-refractivity contribution < 1.29 is 28.5 Å². The fraction of sp³-hybridized carbons (Fsp3) is 0.417. The van der Waals surface area contributed by atoms with Crippen molar-refractivity contribution in [2.75, 3.05) is 7.11 Å². The van der Waals surface area contributed by atoms with Gasteiger partial charge in [0.1, 0.15) is 5.82 Å². The van der Waals surface area contributed by atoms with E-state index in [2.05, 4.69) is 16.8 Å². The smallest absolute Gasteiger partial charge is 0.477 e. The number of hydrogen-bond donors (Lipinski definition) is 2. The average molecular weight is 460 g/mol. The van der Waals surface area contributed by atoms with E-state index in [0.29, 0.717) is 11.3 Å². The molecule has 1 aromatic heterocycles. The SMILES string of the molecule is CO[P+](=O)C(C#CC(C)C)(C(=O)O)C(O)(Cc1ccc(F)cc1)c1cccc(C(C)C)n1. The van der Waals surface area contributed by atoms with Crippen LogP contribution < -0.4 is 0 Å². The van der Waals surface area contributed by atoms with Crippen LogP contribution in [0.15, 0.2) is 42.5 Å². The first-order valence-electron chi connectivity index (χ1n) is 10.2. The Labute approximate surface area is 188 Å². The van der Waals surface area contributed by atoms with Gasteiger partial charge in [0, 0.05) is 18.0 Å². The lowest BCUT2D eigenvalue weighted by atomic mass is 9.78. The molecule has 3 unspecified atom stereocenters. The molecule has 2 N–H and O–H groups in total. The molecule has 0 amide bonds. The summed E-state index contributed by atoms with van der Waals surface area (Å²) in [6.07, 6.45) is -0.328. The highest BCUT2D eigenvalue weighted by atomic mass is 31.1. The van der Waals surface area contributed by atoms with E-state index in [1.54, 1.807) is 26.0 Å². The number of aromatic nitrogens is 1. The van der Waals surface area contributed by atoms with E-state index in [1.165, 1.54) is 30.3 Å². The van der Waals surface area contributed by atoms with Crippen LogP contribution in [0.3, 0.4) is 0 Å². The summed E-state index contributed by atoms with van der Waals surface area (Å²) in [6.45, 7) is 7.31. The van der Waals surface area contributed by atoms with Crippen LogP contribution in [-0.4, -0.2) is 33.4 Å². The van der Waals surface area contributed by atoms with Gasteiger partial charge in [-0.2, -0.15) is 0 Å². The zero-order valence-electron chi connectivity index (χ0n) is 18.8. The molecule has 1 aromatic carbocycles. The monoisotopic (exact) mass is 460 g/mol. The Hall–Kier alpha value is -2.65. The fourth-order valence-corrected chi connectivity index (χ4v) is 4.38. The van der Waals surface area contributed by atoms with Crippen LogP contribution in [0.2, 0.25) is 0 Å². The minimum absolute atomic E-state index is 0.00567. The summed E-state index contributed by atoms with van der Waals surface area (Å²) in [5.41, 5.74) is -1.33. The summed E-state index contributed by atoms with van der Waals surface area (Å²) in [4.78, 5) is 17.2. The lowest BCUT2D eigenvalue weighted by Gasteiger charge is -2.33. The first-order valence-corrected chi connectivity index (χ1v) is 11.4. The molecule has 0 bridgehead atoms. The number of nitrogens with zero attached hydrogens (tertiary/aromatic N) is 1. The average Bonchev–Trinajstić information content (AvgIpc) is 2.75. The molecule has 6 nitrogen and oxygen atoms in total. The second-order valence-electron chi connectivity index (χ2n) is 8.15. The quantitative estimate of drug-likeness (QED) is 0.440. The molecule has 0 aliphatic carbocycles. The van der Waals surface area contributed by atoms with E-state index in [1.807, 2.05) is 13.8 Å². The Kier molecular flexibility index (Phi) is 8.25. The van der Waals surface area contributed by atoms with Crippen molar-refractivity contribution in [3.8, 4) is 11.8 Å². The van der Waals surface area contributed by atoms with Crippen molar-refractivity contribution in [1.82, 2.24) is 4.98 Å². The van der Waals surface area contributed by atoms with Gasteiger partial charge in [-0.05, 0) is 46.2 Å². The molecule has 170 valence electrons. The predicted molar refractivity (Wildman–Crippen MR) is 120 cm³/mol. The molecule has 2 aromatic rings. The number of aliphatic carboxylic acids is 1. The number of benzene rings is 1. The van der Waals surface area contributed by atoms with Crippen LogP contribution in [0.4, 0.5) is 4.39 Å². The Balaban J connectivity index is 2.91. The summed E-state index contributed by atoms with van der Waals surface area (Å²) in [5, 5.41) is 19.9. The van der Waals surface area contributed by atoms with Crippen LogP contribution in [0, 0.1) is 23.6 Å². The fourth-order valence-electron chi connectivity index (χ4n) is 3.30. The topological polar surface area (TPSA) is 96.7 Å². The number of rotatable bonds is 8. The van der Waals surface area contributed by atoms with Crippen molar-refractivity contribution in [2.24, 2.45) is 5.92 Å². The summed E-state index contributed by atoms with van der Waals surface area (Å²) in [6, 6.07) is 10.1. The Morgan fingerprint density at radius 1 is 1.19 bits per heavy atom. The Bertz CT molecular complexity index is 1040.